The number of hydrogen-bond acceptors (Lipinski definition) is 3. The molecule has 0 aliphatic carbocycles. The third-order valence-corrected chi connectivity index (χ3v) is 4.87. The number of hydrogen-bond donors (Lipinski definition) is 1. The molecule has 0 saturated carbocycles. The highest BCUT2D eigenvalue weighted by Crippen LogP contribution is 2.26. The number of halogens is 1. The summed E-state index contributed by atoms with van der Waals surface area (Å²) in [6, 6.07) is 23.1. The summed E-state index contributed by atoms with van der Waals surface area (Å²) in [7, 11) is 0. The van der Waals surface area contributed by atoms with Crippen molar-refractivity contribution >= 4 is 16.7 Å². The van der Waals surface area contributed by atoms with Gasteiger partial charge in [-0.25, -0.2) is 9.07 Å². The minimum Gasteiger partial charge on any atom is -0.354 e. The normalized spacial score (nSPS) is 10.8. The van der Waals surface area contributed by atoms with Crippen LogP contribution in [0.3, 0.4) is 0 Å². The molecule has 3 aromatic carbocycles. The lowest BCUT2D eigenvalue weighted by Crippen LogP contribution is -2.34. The number of carbonyl (C=O) groups excluding carboxylic acids is 1. The predicted octanol–water partition coefficient (Wildman–Crippen LogP) is 3.56. The van der Waals surface area contributed by atoms with Gasteiger partial charge in [0.1, 0.15) is 12.4 Å². The van der Waals surface area contributed by atoms with Crippen molar-refractivity contribution in [3.05, 3.63) is 101 Å². The van der Waals surface area contributed by atoms with Crippen molar-refractivity contribution in [1.82, 2.24) is 15.1 Å². The summed E-state index contributed by atoms with van der Waals surface area (Å²) < 4.78 is 14.1. The van der Waals surface area contributed by atoms with Gasteiger partial charge in [-0.2, -0.15) is 5.10 Å². The zero-order valence-electron chi connectivity index (χ0n) is 16.2. The van der Waals surface area contributed by atoms with Crippen molar-refractivity contribution in [2.45, 2.75) is 13.0 Å². The van der Waals surface area contributed by atoms with Gasteiger partial charge in [-0.1, -0.05) is 54.6 Å². The van der Waals surface area contributed by atoms with Crippen LogP contribution in [0.4, 0.5) is 4.39 Å². The summed E-state index contributed by atoms with van der Waals surface area (Å²) in [6.45, 7) is 0.225. The first kappa shape index (κ1) is 19.5. The molecule has 0 saturated heterocycles. The van der Waals surface area contributed by atoms with E-state index >= 15 is 0 Å². The highest BCUT2D eigenvalue weighted by molar-refractivity contribution is 5.95. The molecule has 5 nitrogen and oxygen atoms in total. The van der Waals surface area contributed by atoms with E-state index in [1.165, 1.54) is 22.9 Å². The molecule has 0 fully saturated rings. The largest absolute Gasteiger partial charge is 0.354 e. The van der Waals surface area contributed by atoms with Crippen LogP contribution in [0.2, 0.25) is 0 Å². The zero-order valence-corrected chi connectivity index (χ0v) is 16.2. The average Bonchev–Trinajstić information content (AvgIpc) is 2.76. The average molecular weight is 401 g/mol. The van der Waals surface area contributed by atoms with E-state index in [-0.39, 0.29) is 23.8 Å². The van der Waals surface area contributed by atoms with Gasteiger partial charge in [-0.15, -0.1) is 0 Å². The number of nitrogens with one attached hydrogen (secondary N) is 1. The lowest BCUT2D eigenvalue weighted by atomic mass is 10.0. The first-order valence-electron chi connectivity index (χ1n) is 9.67. The third-order valence-electron chi connectivity index (χ3n) is 4.87. The molecule has 6 heteroatoms. The predicted molar refractivity (Wildman–Crippen MR) is 115 cm³/mol. The number of fused-ring (bicyclic) bond motifs is 1. The molecule has 4 aromatic rings. The van der Waals surface area contributed by atoms with Crippen LogP contribution in [0.5, 0.6) is 0 Å². The topological polar surface area (TPSA) is 64.0 Å². The van der Waals surface area contributed by atoms with E-state index in [0.29, 0.717) is 18.7 Å². The van der Waals surface area contributed by atoms with Crippen LogP contribution < -0.4 is 10.9 Å². The number of rotatable bonds is 6. The van der Waals surface area contributed by atoms with Crippen molar-refractivity contribution in [3.63, 3.8) is 0 Å². The van der Waals surface area contributed by atoms with E-state index in [1.807, 2.05) is 42.5 Å². The summed E-state index contributed by atoms with van der Waals surface area (Å²) in [4.78, 5) is 24.5. The minimum atomic E-state index is -0.340. The van der Waals surface area contributed by atoms with Crippen LogP contribution in [0, 0.1) is 5.82 Å². The van der Waals surface area contributed by atoms with Gasteiger partial charge in [0, 0.05) is 18.2 Å². The van der Waals surface area contributed by atoms with Crippen LogP contribution in [0.1, 0.15) is 5.56 Å². The van der Waals surface area contributed by atoms with E-state index in [1.54, 1.807) is 18.2 Å². The Morgan fingerprint density at radius 1 is 0.933 bits per heavy atom. The maximum Gasteiger partial charge on any atom is 0.267 e. The van der Waals surface area contributed by atoms with Gasteiger partial charge in [0.15, 0.2) is 0 Å². The van der Waals surface area contributed by atoms with Crippen molar-refractivity contribution in [2.75, 3.05) is 6.54 Å². The van der Waals surface area contributed by atoms with Crippen molar-refractivity contribution in [2.24, 2.45) is 0 Å². The maximum absolute atomic E-state index is 12.9. The monoisotopic (exact) mass is 401 g/mol. The third kappa shape index (κ3) is 4.43. The van der Waals surface area contributed by atoms with Gasteiger partial charge in [0.05, 0.1) is 5.69 Å². The fourth-order valence-electron chi connectivity index (χ4n) is 3.34. The van der Waals surface area contributed by atoms with Crippen molar-refractivity contribution in [3.8, 4) is 11.3 Å². The molecule has 0 radical (unpaired) electrons. The van der Waals surface area contributed by atoms with E-state index in [4.69, 9.17) is 0 Å². The number of nitrogens with zero attached hydrogens (tertiary/aromatic N) is 2. The number of aromatic nitrogens is 2. The van der Waals surface area contributed by atoms with Crippen LogP contribution in [0.15, 0.2) is 83.7 Å². The summed E-state index contributed by atoms with van der Waals surface area (Å²) in [5.74, 6) is -0.596. The molecule has 1 aromatic heterocycles. The zero-order chi connectivity index (χ0) is 20.9. The van der Waals surface area contributed by atoms with Gasteiger partial charge >= 0.3 is 0 Å². The molecule has 1 heterocycles. The van der Waals surface area contributed by atoms with E-state index in [2.05, 4.69) is 10.4 Å². The van der Waals surface area contributed by atoms with Gasteiger partial charge in [0.2, 0.25) is 5.91 Å². The molecule has 1 N–H and O–H groups in total. The summed E-state index contributed by atoms with van der Waals surface area (Å²) in [5.41, 5.74) is 2.11. The highest BCUT2D eigenvalue weighted by atomic mass is 19.1. The standard InChI is InChI=1S/C24H20FN3O2/c25-19-10-8-17(9-11-19)14-15-26-23(29)16-28-24(30)13-12-22(27-28)21-7-3-5-18-4-1-2-6-20(18)21/h1-13H,14-16H2,(H,26,29). The molecule has 0 spiro atoms. The molecule has 0 aliphatic rings. The summed E-state index contributed by atoms with van der Waals surface area (Å²) in [5, 5.41) is 9.29. The maximum atomic E-state index is 12.9. The molecule has 0 bridgehead atoms. The molecular formula is C24H20FN3O2. The molecule has 0 atom stereocenters. The Morgan fingerprint density at radius 3 is 2.53 bits per heavy atom. The number of carbonyl (C=O) groups is 1. The number of benzene rings is 3. The number of amides is 1. The fourth-order valence-corrected chi connectivity index (χ4v) is 3.34. The van der Waals surface area contributed by atoms with Gasteiger partial charge < -0.3 is 5.32 Å². The smallest absolute Gasteiger partial charge is 0.267 e. The Hall–Kier alpha value is -3.80. The second-order valence-corrected chi connectivity index (χ2v) is 6.97. The summed E-state index contributed by atoms with van der Waals surface area (Å²) >= 11 is 0. The van der Waals surface area contributed by atoms with Crippen molar-refractivity contribution in [1.29, 1.82) is 0 Å². The minimum absolute atomic E-state index is 0.166. The second-order valence-electron chi connectivity index (χ2n) is 6.97. The van der Waals surface area contributed by atoms with Gasteiger partial charge in [-0.3, -0.25) is 9.59 Å². The van der Waals surface area contributed by atoms with Crippen LogP contribution in [-0.4, -0.2) is 22.2 Å². The van der Waals surface area contributed by atoms with Crippen LogP contribution in [0.25, 0.3) is 22.0 Å². The van der Waals surface area contributed by atoms with Gasteiger partial charge in [-0.05, 0) is 41.0 Å². The Kier molecular flexibility index (Phi) is 5.66. The SMILES string of the molecule is O=C(Cn1nc(-c2cccc3ccccc23)ccc1=O)NCCc1ccc(F)cc1. The van der Waals surface area contributed by atoms with E-state index in [9.17, 15) is 14.0 Å². The lowest BCUT2D eigenvalue weighted by molar-refractivity contribution is -0.121. The second kappa shape index (κ2) is 8.69. The first-order valence-corrected chi connectivity index (χ1v) is 9.67. The van der Waals surface area contributed by atoms with E-state index < -0.39 is 0 Å². The Bertz CT molecular complexity index is 1240. The molecule has 4 rings (SSSR count). The van der Waals surface area contributed by atoms with Gasteiger partial charge in [0.25, 0.3) is 5.56 Å². The summed E-state index contributed by atoms with van der Waals surface area (Å²) in [6.07, 6.45) is 0.574. The first-order chi connectivity index (χ1) is 14.6. The molecule has 30 heavy (non-hydrogen) atoms. The van der Waals surface area contributed by atoms with Crippen molar-refractivity contribution < 1.29 is 9.18 Å². The Labute approximate surface area is 172 Å². The molecule has 150 valence electrons. The molecule has 1 amide bonds. The van der Waals surface area contributed by atoms with E-state index in [0.717, 1.165) is 21.9 Å². The quantitative estimate of drug-likeness (QED) is 0.537. The molecule has 0 aliphatic heterocycles. The Morgan fingerprint density at radius 2 is 1.70 bits per heavy atom. The lowest BCUT2D eigenvalue weighted by Gasteiger charge is -2.10. The Balaban J connectivity index is 1.47. The van der Waals surface area contributed by atoms with Crippen LogP contribution >= 0.6 is 0 Å². The highest BCUT2D eigenvalue weighted by Gasteiger charge is 2.10. The van der Waals surface area contributed by atoms with Crippen LogP contribution in [-0.2, 0) is 17.8 Å². The fraction of sp³-hybridized carbons (Fsp3) is 0.125. The molecule has 0 unspecified atom stereocenters. The molecular weight excluding hydrogens is 381 g/mol.